The predicted octanol–water partition coefficient (Wildman–Crippen LogP) is 0.880. The van der Waals surface area contributed by atoms with Crippen LogP contribution in [0.15, 0.2) is 24.3 Å². The number of aryl methyl sites for hydroxylation is 1. The molecule has 7 nitrogen and oxygen atoms in total. The summed E-state index contributed by atoms with van der Waals surface area (Å²) in [6.45, 7) is 2.47. The number of benzene rings is 1. The number of rotatable bonds is 12. The molecule has 0 saturated heterocycles. The first-order valence-corrected chi connectivity index (χ1v) is 10.4. The maximum Gasteiger partial charge on any atom is 0.299 e. The number of nitrogens with one attached hydrogen (secondary N) is 2. The Labute approximate surface area is 157 Å². The summed E-state index contributed by atoms with van der Waals surface area (Å²) in [6, 6.07) is 6.48. The fourth-order valence-electron chi connectivity index (χ4n) is 2.73. The predicted molar refractivity (Wildman–Crippen MR) is 102 cm³/mol. The minimum atomic E-state index is -3.89. The SMILES string of the molecule is CCCCCc1ccc(NS(=O)(=O)N[C@H](CC(=O)[O-])C[N+](C)(C)C)cc1. The molecule has 0 bridgehead atoms. The number of carbonyl (C=O) groups is 1. The number of nitrogens with zero attached hydrogens (tertiary/aromatic N) is 1. The van der Waals surface area contributed by atoms with Crippen LogP contribution in [0, 0.1) is 0 Å². The summed E-state index contributed by atoms with van der Waals surface area (Å²) in [7, 11) is 1.70. The second kappa shape index (κ2) is 9.89. The Bertz CT molecular complexity index is 667. The molecule has 1 aromatic rings. The van der Waals surface area contributed by atoms with Gasteiger partial charge >= 0.3 is 0 Å². The molecule has 0 fully saturated rings. The Hall–Kier alpha value is -1.64. The minimum absolute atomic E-state index is 0.325. The van der Waals surface area contributed by atoms with E-state index in [1.54, 1.807) is 12.1 Å². The summed E-state index contributed by atoms with van der Waals surface area (Å²) in [5.74, 6) is -1.29. The number of hydrogen-bond donors (Lipinski definition) is 2. The average molecular weight is 386 g/mol. The van der Waals surface area contributed by atoms with E-state index in [2.05, 4.69) is 16.4 Å². The number of carboxylic acid groups (broad SMARTS) is 1. The van der Waals surface area contributed by atoms with Crippen molar-refractivity contribution < 1.29 is 22.8 Å². The molecule has 0 aliphatic heterocycles. The molecule has 2 N–H and O–H groups in total. The standard InChI is InChI=1S/C18H31N3O4S/c1-5-6-7-8-15-9-11-16(12-10-15)19-26(24,25)20-17(13-18(22)23)14-21(2,3)4/h9-12,17,19-20H,5-8,13-14H2,1-4H3/t17-/m1/s1. The van der Waals surface area contributed by atoms with Crippen molar-refractivity contribution in [3.8, 4) is 0 Å². The molecule has 0 saturated carbocycles. The Kier molecular flexibility index (Phi) is 8.52. The average Bonchev–Trinajstić information content (AvgIpc) is 2.45. The van der Waals surface area contributed by atoms with E-state index < -0.39 is 22.2 Å². The molecule has 0 aliphatic rings. The van der Waals surface area contributed by atoms with Crippen LogP contribution in [0.25, 0.3) is 0 Å². The number of likely N-dealkylation sites (N-methyl/N-ethyl adjacent to an activating group) is 1. The van der Waals surface area contributed by atoms with Gasteiger partial charge in [-0.05, 0) is 30.5 Å². The highest BCUT2D eigenvalue weighted by Gasteiger charge is 2.23. The van der Waals surface area contributed by atoms with Crippen LogP contribution in [0.2, 0.25) is 0 Å². The topological polar surface area (TPSA) is 98.3 Å². The first-order valence-electron chi connectivity index (χ1n) is 8.90. The molecule has 0 amide bonds. The Balaban J connectivity index is 2.72. The van der Waals surface area contributed by atoms with E-state index in [1.807, 2.05) is 33.3 Å². The van der Waals surface area contributed by atoms with Crippen molar-refractivity contribution in [3.63, 3.8) is 0 Å². The summed E-state index contributed by atoms with van der Waals surface area (Å²) in [6.07, 6.45) is 4.02. The van der Waals surface area contributed by atoms with Crippen molar-refractivity contribution in [1.82, 2.24) is 4.72 Å². The quantitative estimate of drug-likeness (QED) is 0.412. The summed E-state index contributed by atoms with van der Waals surface area (Å²) in [5.41, 5.74) is 1.60. The van der Waals surface area contributed by atoms with Gasteiger partial charge in [0.1, 0.15) is 0 Å². The van der Waals surface area contributed by atoms with Gasteiger partial charge in [0, 0.05) is 18.1 Å². The maximum absolute atomic E-state index is 12.3. The van der Waals surface area contributed by atoms with Gasteiger partial charge in [0.15, 0.2) is 0 Å². The minimum Gasteiger partial charge on any atom is -0.550 e. The highest BCUT2D eigenvalue weighted by Crippen LogP contribution is 2.14. The second-order valence-electron chi connectivity index (χ2n) is 7.62. The number of anilines is 1. The van der Waals surface area contributed by atoms with Crippen molar-refractivity contribution in [3.05, 3.63) is 29.8 Å². The molecule has 8 heteroatoms. The third-order valence-electron chi connectivity index (χ3n) is 3.78. The lowest BCUT2D eigenvalue weighted by Gasteiger charge is -2.29. The van der Waals surface area contributed by atoms with Crippen molar-refractivity contribution in [2.24, 2.45) is 0 Å². The number of aliphatic carboxylic acids is 1. The summed E-state index contributed by atoms with van der Waals surface area (Å²) >= 11 is 0. The zero-order valence-electron chi connectivity index (χ0n) is 16.1. The zero-order chi connectivity index (χ0) is 19.8. The van der Waals surface area contributed by atoms with E-state index in [0.717, 1.165) is 24.8 Å². The zero-order valence-corrected chi connectivity index (χ0v) is 16.9. The number of hydrogen-bond acceptors (Lipinski definition) is 4. The molecule has 0 aliphatic carbocycles. The first kappa shape index (κ1) is 22.4. The van der Waals surface area contributed by atoms with Crippen molar-refractivity contribution >= 4 is 21.9 Å². The maximum atomic E-state index is 12.3. The molecule has 0 unspecified atom stereocenters. The van der Waals surface area contributed by atoms with Crippen LogP contribution in [0.5, 0.6) is 0 Å². The number of carbonyl (C=O) groups excluding carboxylic acids is 1. The third-order valence-corrected chi connectivity index (χ3v) is 4.93. The van der Waals surface area contributed by atoms with Gasteiger partial charge in [-0.2, -0.15) is 13.1 Å². The Morgan fingerprint density at radius 3 is 2.27 bits per heavy atom. The number of unbranched alkanes of at least 4 members (excludes halogenated alkanes) is 2. The van der Waals surface area contributed by atoms with Crippen LogP contribution >= 0.6 is 0 Å². The molecule has 0 heterocycles. The molecule has 26 heavy (non-hydrogen) atoms. The summed E-state index contributed by atoms with van der Waals surface area (Å²) in [5, 5.41) is 10.9. The third kappa shape index (κ3) is 9.74. The van der Waals surface area contributed by atoms with Gasteiger partial charge in [-0.15, -0.1) is 0 Å². The van der Waals surface area contributed by atoms with E-state index in [-0.39, 0.29) is 6.42 Å². The van der Waals surface area contributed by atoms with Gasteiger partial charge in [-0.3, -0.25) is 4.72 Å². The molecule has 1 rings (SSSR count). The smallest absolute Gasteiger partial charge is 0.299 e. The molecular weight excluding hydrogens is 354 g/mol. The first-order chi connectivity index (χ1) is 12.0. The molecule has 1 aromatic carbocycles. The van der Waals surface area contributed by atoms with E-state index in [1.165, 1.54) is 6.42 Å². The van der Waals surface area contributed by atoms with Gasteiger partial charge in [0.05, 0.1) is 33.7 Å². The van der Waals surface area contributed by atoms with E-state index in [4.69, 9.17) is 0 Å². The van der Waals surface area contributed by atoms with E-state index in [0.29, 0.717) is 16.7 Å². The van der Waals surface area contributed by atoms with Crippen LogP contribution in [-0.4, -0.2) is 52.6 Å². The molecule has 0 spiro atoms. The number of carboxylic acids is 1. The van der Waals surface area contributed by atoms with E-state index in [9.17, 15) is 18.3 Å². The summed E-state index contributed by atoms with van der Waals surface area (Å²) < 4.78 is 29.9. The fraction of sp³-hybridized carbons (Fsp3) is 0.611. The van der Waals surface area contributed by atoms with Gasteiger partial charge in [-0.25, -0.2) is 0 Å². The molecular formula is C18H31N3O4S. The second-order valence-corrected chi connectivity index (χ2v) is 9.07. The largest absolute Gasteiger partial charge is 0.550 e. The highest BCUT2D eigenvalue weighted by atomic mass is 32.2. The van der Waals surface area contributed by atoms with Crippen molar-refractivity contribution in [2.45, 2.75) is 45.1 Å². The lowest BCUT2D eigenvalue weighted by molar-refractivity contribution is -0.871. The normalized spacial score (nSPS) is 13.4. The lowest BCUT2D eigenvalue weighted by Crippen LogP contribution is -2.51. The van der Waals surface area contributed by atoms with Gasteiger partial charge in [0.25, 0.3) is 10.2 Å². The van der Waals surface area contributed by atoms with Gasteiger partial charge < -0.3 is 14.4 Å². The highest BCUT2D eigenvalue weighted by molar-refractivity contribution is 7.90. The number of quaternary nitrogens is 1. The van der Waals surface area contributed by atoms with Gasteiger partial charge in [-0.1, -0.05) is 31.9 Å². The fourth-order valence-corrected chi connectivity index (χ4v) is 3.83. The van der Waals surface area contributed by atoms with E-state index >= 15 is 0 Å². The Morgan fingerprint density at radius 1 is 1.15 bits per heavy atom. The monoisotopic (exact) mass is 385 g/mol. The van der Waals surface area contributed by atoms with Crippen LogP contribution in [0.4, 0.5) is 5.69 Å². The molecule has 148 valence electrons. The van der Waals surface area contributed by atoms with Crippen molar-refractivity contribution in [2.75, 3.05) is 32.4 Å². The summed E-state index contributed by atoms with van der Waals surface area (Å²) in [4.78, 5) is 10.9. The lowest BCUT2D eigenvalue weighted by atomic mass is 10.1. The van der Waals surface area contributed by atoms with Crippen LogP contribution in [0.1, 0.15) is 38.2 Å². The van der Waals surface area contributed by atoms with Crippen LogP contribution < -0.4 is 14.6 Å². The molecule has 0 radical (unpaired) electrons. The Morgan fingerprint density at radius 2 is 1.77 bits per heavy atom. The molecule has 0 aromatic heterocycles. The van der Waals surface area contributed by atoms with Crippen LogP contribution in [0.3, 0.4) is 0 Å². The van der Waals surface area contributed by atoms with Crippen LogP contribution in [-0.2, 0) is 21.4 Å². The van der Waals surface area contributed by atoms with Gasteiger partial charge in [0.2, 0.25) is 0 Å². The van der Waals surface area contributed by atoms with Crippen molar-refractivity contribution in [1.29, 1.82) is 0 Å². The molecule has 1 atom stereocenters.